The van der Waals surface area contributed by atoms with Crippen LogP contribution in [0.1, 0.15) is 11.1 Å². The molecular formula is C30H22N2O4S. The number of benzene rings is 4. The third kappa shape index (κ3) is 5.74. The van der Waals surface area contributed by atoms with Gasteiger partial charge in [0.2, 0.25) is 0 Å². The molecule has 1 heterocycles. The normalized spacial score (nSPS) is 14.4. The first-order chi connectivity index (χ1) is 18.1. The minimum atomic E-state index is -0.550. The lowest BCUT2D eigenvalue weighted by molar-refractivity contribution is -0.122. The lowest BCUT2D eigenvalue weighted by Gasteiger charge is -2.29. The highest BCUT2D eigenvalue weighted by Gasteiger charge is 2.34. The van der Waals surface area contributed by atoms with Gasteiger partial charge in [0, 0.05) is 0 Å². The summed E-state index contributed by atoms with van der Waals surface area (Å²) in [7, 11) is 0. The maximum Gasteiger partial charge on any atom is 0.270 e. The number of para-hydroxylation sites is 1. The van der Waals surface area contributed by atoms with Crippen molar-refractivity contribution < 1.29 is 19.1 Å². The van der Waals surface area contributed by atoms with Crippen molar-refractivity contribution in [2.24, 2.45) is 0 Å². The van der Waals surface area contributed by atoms with Crippen molar-refractivity contribution in [3.8, 4) is 17.2 Å². The number of carbonyl (C=O) groups is 2. The van der Waals surface area contributed by atoms with Crippen LogP contribution < -0.4 is 19.7 Å². The second kappa shape index (κ2) is 10.9. The van der Waals surface area contributed by atoms with Crippen molar-refractivity contribution in [1.82, 2.24) is 5.32 Å². The molecule has 0 radical (unpaired) electrons. The van der Waals surface area contributed by atoms with Gasteiger partial charge in [0.1, 0.15) is 29.4 Å². The zero-order chi connectivity index (χ0) is 25.6. The number of nitrogens with zero attached hydrogens (tertiary/aromatic N) is 1. The summed E-state index contributed by atoms with van der Waals surface area (Å²) >= 11 is 5.32. The molecule has 2 amide bonds. The molecule has 6 nitrogen and oxygen atoms in total. The molecule has 0 unspecified atom stereocenters. The number of thiocarbonyl (C=S) groups is 1. The van der Waals surface area contributed by atoms with Gasteiger partial charge in [-0.05, 0) is 78.0 Å². The third-order valence-corrected chi connectivity index (χ3v) is 5.88. The number of hydrogen-bond donors (Lipinski definition) is 1. The van der Waals surface area contributed by atoms with Crippen molar-refractivity contribution >= 4 is 40.9 Å². The molecule has 1 N–H and O–H groups in total. The van der Waals surface area contributed by atoms with Crippen LogP contribution in [0, 0.1) is 0 Å². The minimum absolute atomic E-state index is 0.0174. The van der Waals surface area contributed by atoms with E-state index in [-0.39, 0.29) is 10.7 Å². The topological polar surface area (TPSA) is 67.9 Å². The van der Waals surface area contributed by atoms with Gasteiger partial charge in [0.25, 0.3) is 11.8 Å². The van der Waals surface area contributed by atoms with Gasteiger partial charge in [0.15, 0.2) is 5.11 Å². The Bertz CT molecular complexity index is 1470. The molecule has 1 aliphatic heterocycles. The van der Waals surface area contributed by atoms with Crippen LogP contribution in [0.5, 0.6) is 17.2 Å². The molecule has 0 aliphatic carbocycles. The lowest BCUT2D eigenvalue weighted by atomic mass is 10.1. The van der Waals surface area contributed by atoms with Gasteiger partial charge in [-0.15, -0.1) is 0 Å². The zero-order valence-corrected chi connectivity index (χ0v) is 20.5. The third-order valence-electron chi connectivity index (χ3n) is 5.59. The molecule has 37 heavy (non-hydrogen) atoms. The van der Waals surface area contributed by atoms with Gasteiger partial charge in [-0.2, -0.15) is 0 Å². The van der Waals surface area contributed by atoms with Crippen molar-refractivity contribution in [2.45, 2.75) is 6.61 Å². The molecule has 4 aromatic rings. The highest BCUT2D eigenvalue weighted by atomic mass is 32.1. The van der Waals surface area contributed by atoms with E-state index in [0.29, 0.717) is 35.1 Å². The van der Waals surface area contributed by atoms with Crippen LogP contribution in [-0.4, -0.2) is 16.9 Å². The summed E-state index contributed by atoms with van der Waals surface area (Å²) in [4.78, 5) is 27.3. The zero-order valence-electron chi connectivity index (χ0n) is 19.7. The summed E-state index contributed by atoms with van der Waals surface area (Å²) in [6.45, 7) is 0.409. The van der Waals surface area contributed by atoms with Crippen molar-refractivity contribution in [3.63, 3.8) is 0 Å². The van der Waals surface area contributed by atoms with Gasteiger partial charge in [-0.1, -0.05) is 60.7 Å². The average Bonchev–Trinajstić information content (AvgIpc) is 2.92. The Morgan fingerprint density at radius 3 is 2.14 bits per heavy atom. The van der Waals surface area contributed by atoms with E-state index >= 15 is 0 Å². The smallest absolute Gasteiger partial charge is 0.270 e. The number of amides is 2. The van der Waals surface area contributed by atoms with E-state index in [4.69, 9.17) is 21.7 Å². The predicted octanol–water partition coefficient (Wildman–Crippen LogP) is 5.89. The first-order valence-electron chi connectivity index (χ1n) is 11.6. The highest BCUT2D eigenvalue weighted by Crippen LogP contribution is 2.27. The molecule has 0 bridgehead atoms. The Morgan fingerprint density at radius 1 is 0.757 bits per heavy atom. The van der Waals surface area contributed by atoms with Crippen molar-refractivity contribution in [1.29, 1.82) is 0 Å². The monoisotopic (exact) mass is 506 g/mol. The van der Waals surface area contributed by atoms with Crippen LogP contribution in [0.25, 0.3) is 6.08 Å². The fourth-order valence-electron chi connectivity index (χ4n) is 3.78. The Balaban J connectivity index is 1.34. The Hall–Kier alpha value is -4.75. The maximum absolute atomic E-state index is 13.4. The summed E-state index contributed by atoms with van der Waals surface area (Å²) in [6, 6.07) is 33.3. The summed E-state index contributed by atoms with van der Waals surface area (Å²) in [5.74, 6) is 0.875. The van der Waals surface area contributed by atoms with Gasteiger partial charge in [-0.25, -0.2) is 0 Å². The Morgan fingerprint density at radius 2 is 1.41 bits per heavy atom. The van der Waals surface area contributed by atoms with Crippen LogP contribution in [0.3, 0.4) is 0 Å². The molecule has 4 aromatic carbocycles. The van der Waals surface area contributed by atoms with Gasteiger partial charge >= 0.3 is 0 Å². The standard InChI is InChI=1S/C30H22N2O4S/c33-28-27(19-22-10-7-13-26(18-22)35-20-21-8-3-1-4-9-21)29(34)32(30(37)31-28)23-14-16-25(17-15-23)36-24-11-5-2-6-12-24/h1-19H,20H2,(H,31,33,37)/b27-19+. The maximum atomic E-state index is 13.4. The second-order valence-corrected chi connectivity index (χ2v) is 8.60. The second-order valence-electron chi connectivity index (χ2n) is 8.21. The SMILES string of the molecule is O=C1NC(=S)N(c2ccc(Oc3ccccc3)cc2)C(=O)/C1=C/c1cccc(OCc2ccccc2)c1. The number of anilines is 1. The predicted molar refractivity (Wildman–Crippen MR) is 146 cm³/mol. The van der Waals surface area contributed by atoms with Gasteiger partial charge < -0.3 is 9.47 Å². The molecule has 0 aromatic heterocycles. The Kier molecular flexibility index (Phi) is 7.05. The molecule has 1 aliphatic rings. The van der Waals surface area contributed by atoms with E-state index in [0.717, 1.165) is 5.56 Å². The number of ether oxygens (including phenoxy) is 2. The summed E-state index contributed by atoms with van der Waals surface area (Å²) in [6.07, 6.45) is 1.54. The van der Waals surface area contributed by atoms with Crippen LogP contribution in [-0.2, 0) is 16.2 Å². The molecule has 7 heteroatoms. The molecule has 0 atom stereocenters. The summed E-state index contributed by atoms with van der Waals surface area (Å²) in [5, 5.41) is 2.63. The first kappa shape index (κ1) is 24.0. The van der Waals surface area contributed by atoms with Crippen LogP contribution >= 0.6 is 12.2 Å². The van der Waals surface area contributed by atoms with E-state index in [1.165, 1.54) is 11.0 Å². The lowest BCUT2D eigenvalue weighted by Crippen LogP contribution is -2.54. The van der Waals surface area contributed by atoms with E-state index < -0.39 is 11.8 Å². The van der Waals surface area contributed by atoms with Gasteiger partial charge in [-0.3, -0.25) is 19.8 Å². The fraction of sp³-hybridized carbons (Fsp3) is 0.0333. The number of carbonyl (C=O) groups excluding carboxylic acids is 2. The quantitative estimate of drug-likeness (QED) is 0.192. The molecule has 1 fully saturated rings. The van der Waals surface area contributed by atoms with Crippen molar-refractivity contribution in [3.05, 3.63) is 126 Å². The van der Waals surface area contributed by atoms with E-state index in [1.54, 1.807) is 36.4 Å². The first-order valence-corrected chi connectivity index (χ1v) is 12.0. The average molecular weight is 507 g/mol. The number of rotatable bonds is 7. The molecule has 5 rings (SSSR count). The number of hydrogen-bond acceptors (Lipinski definition) is 5. The molecular weight excluding hydrogens is 484 g/mol. The minimum Gasteiger partial charge on any atom is -0.489 e. The van der Waals surface area contributed by atoms with Crippen LogP contribution in [0.4, 0.5) is 5.69 Å². The van der Waals surface area contributed by atoms with E-state index in [1.807, 2.05) is 72.8 Å². The Labute approximate surface area is 219 Å². The molecule has 182 valence electrons. The van der Waals surface area contributed by atoms with Crippen LogP contribution in [0.15, 0.2) is 115 Å². The largest absolute Gasteiger partial charge is 0.489 e. The number of nitrogens with one attached hydrogen (secondary N) is 1. The summed E-state index contributed by atoms with van der Waals surface area (Å²) in [5.41, 5.74) is 2.18. The fourth-order valence-corrected chi connectivity index (χ4v) is 4.06. The van der Waals surface area contributed by atoms with Gasteiger partial charge in [0.05, 0.1) is 5.69 Å². The van der Waals surface area contributed by atoms with E-state index in [2.05, 4.69) is 5.32 Å². The molecule has 0 spiro atoms. The highest BCUT2D eigenvalue weighted by molar-refractivity contribution is 7.80. The summed E-state index contributed by atoms with van der Waals surface area (Å²) < 4.78 is 11.7. The molecule has 1 saturated heterocycles. The van der Waals surface area contributed by atoms with E-state index in [9.17, 15) is 9.59 Å². The van der Waals surface area contributed by atoms with Crippen molar-refractivity contribution in [2.75, 3.05) is 4.90 Å². The van der Waals surface area contributed by atoms with Crippen LogP contribution in [0.2, 0.25) is 0 Å². The molecule has 0 saturated carbocycles.